The Morgan fingerprint density at radius 2 is 1.83 bits per heavy atom. The second-order valence-electron chi connectivity index (χ2n) is 7.74. The first-order chi connectivity index (χ1) is 14.2. The lowest BCUT2D eigenvalue weighted by Crippen LogP contribution is -2.44. The number of aromatic amines is 1. The van der Waals surface area contributed by atoms with Crippen LogP contribution < -0.4 is 4.90 Å². The Labute approximate surface area is 170 Å². The number of likely N-dealkylation sites (N-methyl/N-ethyl adjacent to an activating group) is 1. The van der Waals surface area contributed by atoms with E-state index in [-0.39, 0.29) is 0 Å². The van der Waals surface area contributed by atoms with Gasteiger partial charge in [-0.25, -0.2) is 4.98 Å². The van der Waals surface area contributed by atoms with E-state index in [1.165, 1.54) is 5.69 Å². The third kappa shape index (κ3) is 3.40. The number of nitrogens with zero attached hydrogens (tertiary/aromatic N) is 5. The van der Waals surface area contributed by atoms with Crippen molar-refractivity contribution in [1.82, 2.24) is 24.5 Å². The Morgan fingerprint density at radius 1 is 1.03 bits per heavy atom. The van der Waals surface area contributed by atoms with Crippen LogP contribution in [0, 0.1) is 0 Å². The van der Waals surface area contributed by atoms with E-state index in [0.29, 0.717) is 0 Å². The molecule has 0 atom stereocenters. The molecule has 6 nitrogen and oxygen atoms in total. The van der Waals surface area contributed by atoms with Gasteiger partial charge in [-0.15, -0.1) is 0 Å². The van der Waals surface area contributed by atoms with Crippen molar-refractivity contribution in [3.8, 4) is 22.5 Å². The highest BCUT2D eigenvalue weighted by Gasteiger charge is 2.15. The van der Waals surface area contributed by atoms with Crippen molar-refractivity contribution in [2.45, 2.75) is 13.3 Å². The number of pyridine rings is 1. The summed E-state index contributed by atoms with van der Waals surface area (Å²) in [5.41, 5.74) is 7.47. The molecule has 0 bridgehead atoms. The van der Waals surface area contributed by atoms with Crippen LogP contribution in [0.5, 0.6) is 0 Å². The van der Waals surface area contributed by atoms with E-state index in [4.69, 9.17) is 4.98 Å². The van der Waals surface area contributed by atoms with Crippen LogP contribution in [0.1, 0.15) is 12.6 Å². The van der Waals surface area contributed by atoms with Gasteiger partial charge in [0.2, 0.25) is 0 Å². The molecular formula is C23H26N6. The zero-order valence-electron chi connectivity index (χ0n) is 17.0. The number of anilines is 1. The van der Waals surface area contributed by atoms with Gasteiger partial charge in [-0.1, -0.05) is 19.1 Å². The van der Waals surface area contributed by atoms with Crippen molar-refractivity contribution in [2.75, 3.05) is 38.1 Å². The molecule has 1 saturated heterocycles. The van der Waals surface area contributed by atoms with Crippen LogP contribution in [0.3, 0.4) is 0 Å². The fraction of sp³-hybridized carbons (Fsp3) is 0.304. The number of piperazine rings is 1. The van der Waals surface area contributed by atoms with Gasteiger partial charge in [0.1, 0.15) is 5.65 Å². The fourth-order valence-corrected chi connectivity index (χ4v) is 3.96. The summed E-state index contributed by atoms with van der Waals surface area (Å²) in [6.45, 7) is 6.52. The number of hydrogen-bond acceptors (Lipinski definition) is 4. The number of aromatic nitrogens is 4. The van der Waals surface area contributed by atoms with E-state index < -0.39 is 0 Å². The highest BCUT2D eigenvalue weighted by atomic mass is 15.2. The average Bonchev–Trinajstić information content (AvgIpc) is 3.41. The molecule has 4 aromatic rings. The molecule has 0 amide bonds. The Morgan fingerprint density at radius 3 is 2.59 bits per heavy atom. The summed E-state index contributed by atoms with van der Waals surface area (Å²) in [6, 6.07) is 15.0. The van der Waals surface area contributed by atoms with Gasteiger partial charge in [0.15, 0.2) is 0 Å². The molecule has 148 valence electrons. The normalized spacial score (nSPS) is 15.3. The second kappa shape index (κ2) is 7.37. The van der Waals surface area contributed by atoms with Crippen molar-refractivity contribution in [3.05, 3.63) is 60.6 Å². The minimum Gasteiger partial charge on any atom is -0.369 e. The maximum atomic E-state index is 4.76. The molecule has 1 aromatic carbocycles. The van der Waals surface area contributed by atoms with Crippen LogP contribution in [0.2, 0.25) is 0 Å². The molecule has 0 unspecified atom stereocenters. The predicted octanol–water partition coefficient (Wildman–Crippen LogP) is 3.71. The van der Waals surface area contributed by atoms with E-state index in [2.05, 4.69) is 87.0 Å². The Hall–Kier alpha value is -3.12. The van der Waals surface area contributed by atoms with Gasteiger partial charge in [0.05, 0.1) is 17.1 Å². The third-order valence-electron chi connectivity index (χ3n) is 5.79. The summed E-state index contributed by atoms with van der Waals surface area (Å²) in [7, 11) is 2.18. The number of H-pyrrole nitrogens is 1. The van der Waals surface area contributed by atoms with E-state index in [1.54, 1.807) is 0 Å². The maximum absolute atomic E-state index is 4.76. The van der Waals surface area contributed by atoms with E-state index in [1.807, 2.05) is 6.20 Å². The number of aryl methyl sites for hydroxylation is 1. The quantitative estimate of drug-likeness (QED) is 0.581. The first kappa shape index (κ1) is 17.9. The number of rotatable bonds is 4. The van der Waals surface area contributed by atoms with Gasteiger partial charge in [-0.05, 0) is 43.8 Å². The molecule has 0 saturated carbocycles. The van der Waals surface area contributed by atoms with E-state index in [9.17, 15) is 0 Å². The molecule has 0 spiro atoms. The molecule has 0 aliphatic carbocycles. The predicted molar refractivity (Wildman–Crippen MR) is 117 cm³/mol. The van der Waals surface area contributed by atoms with Crippen molar-refractivity contribution < 1.29 is 0 Å². The van der Waals surface area contributed by atoms with Gasteiger partial charge < -0.3 is 14.2 Å². The van der Waals surface area contributed by atoms with Crippen LogP contribution in [0.25, 0.3) is 28.2 Å². The molecule has 0 radical (unpaired) electrons. The summed E-state index contributed by atoms with van der Waals surface area (Å²) >= 11 is 0. The number of imidazole rings is 1. The zero-order valence-corrected chi connectivity index (χ0v) is 17.0. The minimum atomic E-state index is 0.926. The number of fused-ring (bicyclic) bond motifs is 1. The Kier molecular flexibility index (Phi) is 4.56. The molecule has 1 fully saturated rings. The maximum Gasteiger partial charge on any atom is 0.146 e. The molecule has 1 N–H and O–H groups in total. The number of nitrogens with one attached hydrogen (secondary N) is 1. The van der Waals surface area contributed by atoms with Gasteiger partial charge in [0, 0.05) is 55.4 Å². The van der Waals surface area contributed by atoms with Crippen molar-refractivity contribution in [1.29, 1.82) is 0 Å². The molecule has 6 heteroatoms. The Bertz CT molecular complexity index is 1120. The fourth-order valence-electron chi connectivity index (χ4n) is 3.96. The summed E-state index contributed by atoms with van der Waals surface area (Å²) in [6.07, 6.45) is 5.06. The zero-order chi connectivity index (χ0) is 19.8. The van der Waals surface area contributed by atoms with Crippen LogP contribution in [-0.4, -0.2) is 57.7 Å². The lowest BCUT2D eigenvalue weighted by molar-refractivity contribution is 0.313. The molecule has 3 aromatic heterocycles. The highest BCUT2D eigenvalue weighted by Crippen LogP contribution is 2.28. The summed E-state index contributed by atoms with van der Waals surface area (Å²) in [5.74, 6) is 0. The van der Waals surface area contributed by atoms with Gasteiger partial charge in [0.25, 0.3) is 0 Å². The van der Waals surface area contributed by atoms with Crippen molar-refractivity contribution >= 4 is 11.3 Å². The minimum absolute atomic E-state index is 0.926. The van der Waals surface area contributed by atoms with Crippen LogP contribution in [0.15, 0.2) is 54.9 Å². The van der Waals surface area contributed by atoms with Gasteiger partial charge >= 0.3 is 0 Å². The standard InChI is InChI=1S/C23H26N6/c1-3-18-16-29-10-4-5-20(23(29)24-18)22-15-21(25-26-22)17-6-8-19(9-7-17)28-13-11-27(2)12-14-28/h4-10,15-16H,3,11-14H2,1-2H3,(H,25,26). The molecule has 1 aliphatic rings. The average molecular weight is 387 g/mol. The van der Waals surface area contributed by atoms with Crippen molar-refractivity contribution in [2.24, 2.45) is 0 Å². The van der Waals surface area contributed by atoms with Crippen LogP contribution >= 0.6 is 0 Å². The van der Waals surface area contributed by atoms with Gasteiger partial charge in [-0.3, -0.25) is 5.10 Å². The first-order valence-corrected chi connectivity index (χ1v) is 10.3. The van der Waals surface area contributed by atoms with E-state index in [0.717, 1.165) is 66.5 Å². The lowest BCUT2D eigenvalue weighted by Gasteiger charge is -2.34. The Balaban J connectivity index is 1.41. The topological polar surface area (TPSA) is 52.5 Å². The lowest BCUT2D eigenvalue weighted by atomic mass is 10.1. The largest absolute Gasteiger partial charge is 0.369 e. The summed E-state index contributed by atoms with van der Waals surface area (Å²) in [4.78, 5) is 9.59. The van der Waals surface area contributed by atoms with E-state index >= 15 is 0 Å². The first-order valence-electron chi connectivity index (χ1n) is 10.3. The van der Waals surface area contributed by atoms with Crippen LogP contribution in [0.4, 0.5) is 5.69 Å². The number of hydrogen-bond donors (Lipinski definition) is 1. The number of benzene rings is 1. The van der Waals surface area contributed by atoms with Crippen molar-refractivity contribution in [3.63, 3.8) is 0 Å². The summed E-state index contributed by atoms with van der Waals surface area (Å²) in [5, 5.41) is 7.77. The van der Waals surface area contributed by atoms with Crippen LogP contribution in [-0.2, 0) is 6.42 Å². The third-order valence-corrected chi connectivity index (χ3v) is 5.79. The van der Waals surface area contributed by atoms with Gasteiger partial charge in [-0.2, -0.15) is 5.10 Å². The molecule has 5 rings (SSSR count). The summed E-state index contributed by atoms with van der Waals surface area (Å²) < 4.78 is 2.08. The molecule has 4 heterocycles. The monoisotopic (exact) mass is 386 g/mol. The molecule has 1 aliphatic heterocycles. The molecule has 29 heavy (non-hydrogen) atoms. The molecular weight excluding hydrogens is 360 g/mol. The highest BCUT2D eigenvalue weighted by molar-refractivity contribution is 5.78. The second-order valence-corrected chi connectivity index (χ2v) is 7.74. The smallest absolute Gasteiger partial charge is 0.146 e. The SMILES string of the molecule is CCc1cn2cccc(-c3cc(-c4ccc(N5CCN(C)CC5)cc4)n[nH]3)c2n1.